The molecule has 0 saturated carbocycles. The number of carbonyl (C=O) groups excluding carboxylic acids is 1. The van der Waals surface area contributed by atoms with E-state index in [1.807, 2.05) is 6.92 Å². The Morgan fingerprint density at radius 2 is 1.88 bits per heavy atom. The minimum atomic E-state index is -1.93. The van der Waals surface area contributed by atoms with Crippen LogP contribution in [0.15, 0.2) is 29.1 Å². The zero-order valence-electron chi connectivity index (χ0n) is 22.1. The normalized spacial score (nSPS) is 28.5. The van der Waals surface area contributed by atoms with E-state index in [1.165, 1.54) is 6.07 Å². The van der Waals surface area contributed by atoms with Gasteiger partial charge in [-0.15, -0.1) is 0 Å². The van der Waals surface area contributed by atoms with Crippen molar-refractivity contribution in [2.24, 2.45) is 0 Å². The van der Waals surface area contributed by atoms with E-state index in [9.17, 15) is 39.9 Å². The Labute approximate surface area is 232 Å². The molecule has 3 aliphatic heterocycles. The largest absolute Gasteiger partial charge is 0.479 e. The number of carbonyl (C=O) groups is 2. The summed E-state index contributed by atoms with van der Waals surface area (Å²) in [7, 11) is 0. The molecule has 0 spiro atoms. The third-order valence-electron chi connectivity index (χ3n) is 8.20. The number of rotatable bonds is 5. The second kappa shape index (κ2) is 9.60. The molecule has 6 atom stereocenters. The van der Waals surface area contributed by atoms with Crippen molar-refractivity contribution in [2.45, 2.75) is 76.1 Å². The molecule has 5 heterocycles. The van der Waals surface area contributed by atoms with E-state index in [0.29, 0.717) is 28.7 Å². The highest BCUT2D eigenvalue weighted by molar-refractivity contribution is 5.90. The summed E-state index contributed by atoms with van der Waals surface area (Å²) in [5, 5.41) is 51.5. The lowest BCUT2D eigenvalue weighted by molar-refractivity contribution is -0.271. The van der Waals surface area contributed by atoms with Crippen LogP contribution in [0.1, 0.15) is 42.5 Å². The topological polar surface area (TPSA) is 198 Å². The molecule has 5 N–H and O–H groups in total. The Bertz CT molecular complexity index is 1670. The first-order valence-electron chi connectivity index (χ1n) is 13.2. The number of esters is 1. The summed E-state index contributed by atoms with van der Waals surface area (Å²) in [6.07, 6.45) is -8.16. The molecule has 2 aromatic heterocycles. The van der Waals surface area contributed by atoms with E-state index in [4.69, 9.17) is 19.2 Å². The van der Waals surface area contributed by atoms with Crippen LogP contribution < -0.4 is 10.3 Å². The summed E-state index contributed by atoms with van der Waals surface area (Å²) < 4.78 is 17.6. The van der Waals surface area contributed by atoms with Gasteiger partial charge >= 0.3 is 11.9 Å². The minimum absolute atomic E-state index is 0.0331. The number of hydrogen-bond donors (Lipinski definition) is 5. The fourth-order valence-electron chi connectivity index (χ4n) is 5.90. The molecule has 0 unspecified atom stereocenters. The second-order valence-electron chi connectivity index (χ2n) is 10.4. The van der Waals surface area contributed by atoms with Crippen molar-refractivity contribution in [1.29, 1.82) is 0 Å². The number of aliphatic hydroxyl groups is 4. The van der Waals surface area contributed by atoms with Crippen molar-refractivity contribution < 1.29 is 49.3 Å². The van der Waals surface area contributed by atoms with Gasteiger partial charge in [0.15, 0.2) is 11.7 Å². The molecule has 0 radical (unpaired) electrons. The molecule has 1 fully saturated rings. The van der Waals surface area contributed by atoms with Gasteiger partial charge in [0.2, 0.25) is 6.29 Å². The lowest BCUT2D eigenvalue weighted by Gasteiger charge is -2.38. The molecule has 6 rings (SSSR count). The van der Waals surface area contributed by atoms with Crippen LogP contribution in [0, 0.1) is 0 Å². The monoisotopic (exact) mass is 568 g/mol. The third kappa shape index (κ3) is 3.95. The molecule has 0 aliphatic carbocycles. The van der Waals surface area contributed by atoms with Gasteiger partial charge in [0.25, 0.3) is 5.56 Å². The van der Waals surface area contributed by atoms with Crippen LogP contribution in [-0.2, 0) is 44.2 Å². The molecular weight excluding hydrogens is 540 g/mol. The van der Waals surface area contributed by atoms with Crippen molar-refractivity contribution in [1.82, 2.24) is 9.55 Å². The van der Waals surface area contributed by atoms with Crippen molar-refractivity contribution in [2.75, 3.05) is 0 Å². The van der Waals surface area contributed by atoms with Gasteiger partial charge in [-0.05, 0) is 42.7 Å². The number of cyclic esters (lactones) is 1. The standard InChI is InChI=1S/C28H28N2O11/c1-3-12-13-7-11(40-26-22(33)20(31)21(32)23(41-26)25(35)36)5-6-17(13)29-19-14(12)9-30-18(19)8-16-15(24(30)34)10-39-27(37)28(16,38)4-2/h5-8,20-23,26,31-33,38H,3-4,9-10H2,1-2H3,(H,35,36)/t20-,21-,22+,23-,26+,28+/m1/s1. The van der Waals surface area contributed by atoms with Crippen molar-refractivity contribution in [3.8, 4) is 17.1 Å². The smallest absolute Gasteiger partial charge is 0.343 e. The van der Waals surface area contributed by atoms with Gasteiger partial charge in [0, 0.05) is 16.5 Å². The molecule has 13 heteroatoms. The Morgan fingerprint density at radius 3 is 2.56 bits per heavy atom. The maximum absolute atomic E-state index is 13.5. The number of pyridine rings is 2. The molecule has 216 valence electrons. The molecule has 3 aliphatic rings. The Balaban J connectivity index is 1.42. The Hall–Kier alpha value is -3.88. The SMILES string of the molecule is CCc1c2c(nc3ccc(O[C@H]4O[C@@H](C(=O)O)[C@H](O)[C@@H](O)[C@@H]4O)cc13)-c1cc3c(c(=O)n1C2)COC(=O)[C@]3(O)CC. The van der Waals surface area contributed by atoms with E-state index >= 15 is 0 Å². The van der Waals surface area contributed by atoms with Crippen LogP contribution >= 0.6 is 0 Å². The van der Waals surface area contributed by atoms with Crippen LogP contribution in [0.25, 0.3) is 22.3 Å². The summed E-state index contributed by atoms with van der Waals surface area (Å²) in [4.78, 5) is 42.2. The molecule has 0 bridgehead atoms. The van der Waals surface area contributed by atoms with Crippen LogP contribution in [0.4, 0.5) is 0 Å². The van der Waals surface area contributed by atoms with E-state index in [2.05, 4.69) is 0 Å². The summed E-state index contributed by atoms with van der Waals surface area (Å²) in [5.41, 5.74) is 1.37. The van der Waals surface area contributed by atoms with Crippen molar-refractivity contribution in [3.63, 3.8) is 0 Å². The van der Waals surface area contributed by atoms with Gasteiger partial charge in [0.05, 0.1) is 29.0 Å². The Kier molecular flexibility index (Phi) is 6.39. The Morgan fingerprint density at radius 1 is 1.12 bits per heavy atom. The fraction of sp³-hybridized carbons (Fsp3) is 0.429. The number of aryl methyl sites for hydroxylation is 1. The van der Waals surface area contributed by atoms with Crippen molar-refractivity contribution >= 4 is 22.8 Å². The third-order valence-corrected chi connectivity index (χ3v) is 8.20. The minimum Gasteiger partial charge on any atom is -0.479 e. The first-order chi connectivity index (χ1) is 19.5. The number of aromatic nitrogens is 2. The summed E-state index contributed by atoms with van der Waals surface area (Å²) in [6.45, 7) is 3.55. The molecular formula is C28H28N2O11. The molecule has 41 heavy (non-hydrogen) atoms. The molecule has 1 aromatic carbocycles. The van der Waals surface area contributed by atoms with Gasteiger partial charge in [-0.25, -0.2) is 14.6 Å². The molecule has 13 nitrogen and oxygen atoms in total. The number of hydrogen-bond acceptors (Lipinski definition) is 11. The van der Waals surface area contributed by atoms with E-state index in [0.717, 1.165) is 11.1 Å². The lowest BCUT2D eigenvalue weighted by atomic mass is 9.86. The van der Waals surface area contributed by atoms with Crippen molar-refractivity contribution in [3.05, 3.63) is 56.9 Å². The zero-order valence-corrected chi connectivity index (χ0v) is 22.1. The zero-order chi connectivity index (χ0) is 29.4. The number of carboxylic acids is 1. The van der Waals surface area contributed by atoms with Gasteiger partial charge in [-0.3, -0.25) is 4.79 Å². The number of ether oxygens (including phenoxy) is 3. The molecule has 1 saturated heterocycles. The number of benzene rings is 1. The predicted molar refractivity (Wildman–Crippen MR) is 139 cm³/mol. The quantitative estimate of drug-likeness (QED) is 0.201. The number of fused-ring (bicyclic) bond motifs is 5. The second-order valence-corrected chi connectivity index (χ2v) is 10.4. The highest BCUT2D eigenvalue weighted by Crippen LogP contribution is 2.41. The summed E-state index contributed by atoms with van der Waals surface area (Å²) in [5.74, 6) is -2.13. The number of nitrogens with zero attached hydrogens (tertiary/aromatic N) is 2. The molecule has 0 amide bonds. The maximum Gasteiger partial charge on any atom is 0.343 e. The van der Waals surface area contributed by atoms with Crippen LogP contribution in [-0.4, -0.2) is 77.7 Å². The average Bonchev–Trinajstić information content (AvgIpc) is 3.32. The molecule has 3 aromatic rings. The van der Waals surface area contributed by atoms with Gasteiger partial charge in [0.1, 0.15) is 30.7 Å². The first-order valence-corrected chi connectivity index (χ1v) is 13.2. The highest BCUT2D eigenvalue weighted by atomic mass is 16.7. The number of aliphatic carboxylic acids is 1. The summed E-state index contributed by atoms with van der Waals surface area (Å²) in [6, 6.07) is 6.47. The van der Waals surface area contributed by atoms with Crippen LogP contribution in [0.5, 0.6) is 5.75 Å². The van der Waals surface area contributed by atoms with Gasteiger partial charge in [-0.2, -0.15) is 0 Å². The number of aliphatic hydroxyl groups excluding tert-OH is 3. The van der Waals surface area contributed by atoms with Gasteiger partial charge < -0.3 is 44.3 Å². The van der Waals surface area contributed by atoms with E-state index < -0.39 is 48.2 Å². The average molecular weight is 569 g/mol. The maximum atomic E-state index is 13.5. The highest BCUT2D eigenvalue weighted by Gasteiger charge is 2.48. The van der Waals surface area contributed by atoms with E-state index in [1.54, 1.807) is 29.7 Å². The lowest BCUT2D eigenvalue weighted by Crippen LogP contribution is -2.61. The predicted octanol–water partition coefficient (Wildman–Crippen LogP) is -0.0870. The first kappa shape index (κ1) is 27.3. The van der Waals surface area contributed by atoms with Gasteiger partial charge in [-0.1, -0.05) is 13.8 Å². The van der Waals surface area contributed by atoms with Crippen LogP contribution in [0.2, 0.25) is 0 Å². The summed E-state index contributed by atoms with van der Waals surface area (Å²) >= 11 is 0. The number of carboxylic acid groups (broad SMARTS) is 1. The van der Waals surface area contributed by atoms with Crippen LogP contribution in [0.3, 0.4) is 0 Å². The van der Waals surface area contributed by atoms with E-state index in [-0.39, 0.29) is 42.0 Å². The fourth-order valence-corrected chi connectivity index (χ4v) is 5.90.